The van der Waals surface area contributed by atoms with Crippen molar-refractivity contribution < 1.29 is 9.53 Å². The number of amides is 1. The van der Waals surface area contributed by atoms with Crippen molar-refractivity contribution >= 4 is 39.3 Å². The van der Waals surface area contributed by atoms with Crippen molar-refractivity contribution in [3.63, 3.8) is 0 Å². The van der Waals surface area contributed by atoms with Gasteiger partial charge in [0.25, 0.3) is 0 Å². The molecule has 0 radical (unpaired) electrons. The van der Waals surface area contributed by atoms with Gasteiger partial charge in [-0.05, 0) is 36.4 Å². The highest BCUT2D eigenvalue weighted by atomic mass is 79.9. The molecule has 1 amide bonds. The van der Waals surface area contributed by atoms with Crippen molar-refractivity contribution in [3.8, 4) is 5.75 Å². The third kappa shape index (κ3) is 5.61. The quantitative estimate of drug-likeness (QED) is 0.569. The zero-order chi connectivity index (χ0) is 17.5. The predicted molar refractivity (Wildman–Crippen MR) is 101 cm³/mol. The normalized spacial score (nSPS) is 10.4. The molecule has 3 rings (SSSR count). The van der Waals surface area contributed by atoms with Gasteiger partial charge in [-0.3, -0.25) is 9.89 Å². The van der Waals surface area contributed by atoms with Crippen molar-refractivity contribution in [2.75, 3.05) is 11.1 Å². The van der Waals surface area contributed by atoms with Crippen LogP contribution in [0, 0.1) is 0 Å². The average Bonchev–Trinajstić information content (AvgIpc) is 3.09. The van der Waals surface area contributed by atoms with Crippen LogP contribution in [0.3, 0.4) is 0 Å². The number of H-pyrrole nitrogens is 1. The van der Waals surface area contributed by atoms with Gasteiger partial charge >= 0.3 is 0 Å². The average molecular weight is 419 g/mol. The Morgan fingerprint density at radius 3 is 2.68 bits per heavy atom. The van der Waals surface area contributed by atoms with E-state index in [-0.39, 0.29) is 11.7 Å². The number of anilines is 1. The summed E-state index contributed by atoms with van der Waals surface area (Å²) in [6.45, 7) is 0.294. The number of benzene rings is 2. The highest BCUT2D eigenvalue weighted by Crippen LogP contribution is 2.17. The summed E-state index contributed by atoms with van der Waals surface area (Å²) in [6, 6.07) is 16.9. The Bertz CT molecular complexity index is 824. The number of carbonyl (C=O) groups is 1. The zero-order valence-corrected chi connectivity index (χ0v) is 15.5. The number of hydrogen-bond donors (Lipinski definition) is 2. The first kappa shape index (κ1) is 17.5. The highest BCUT2D eigenvalue weighted by Gasteiger charge is 2.08. The molecule has 0 aliphatic heterocycles. The lowest BCUT2D eigenvalue weighted by atomic mass is 10.3. The van der Waals surface area contributed by atoms with E-state index in [4.69, 9.17) is 4.74 Å². The van der Waals surface area contributed by atoms with Crippen molar-refractivity contribution in [2.45, 2.75) is 11.8 Å². The number of halogens is 1. The molecule has 0 aliphatic carbocycles. The van der Waals surface area contributed by atoms with Gasteiger partial charge in [-0.1, -0.05) is 45.9 Å². The van der Waals surface area contributed by atoms with Crippen molar-refractivity contribution in [2.24, 2.45) is 0 Å². The van der Waals surface area contributed by atoms with Gasteiger partial charge < -0.3 is 10.1 Å². The number of rotatable bonds is 7. The van der Waals surface area contributed by atoms with Gasteiger partial charge in [0.15, 0.2) is 5.82 Å². The van der Waals surface area contributed by atoms with Gasteiger partial charge in [0, 0.05) is 10.2 Å². The Labute approximate surface area is 157 Å². The van der Waals surface area contributed by atoms with E-state index in [1.54, 1.807) is 0 Å². The molecule has 1 aromatic heterocycles. The number of aromatic nitrogens is 3. The Hall–Kier alpha value is -2.32. The Morgan fingerprint density at radius 1 is 1.16 bits per heavy atom. The lowest BCUT2D eigenvalue weighted by Crippen LogP contribution is -2.13. The van der Waals surface area contributed by atoms with E-state index in [1.807, 2.05) is 54.6 Å². The largest absolute Gasteiger partial charge is 0.486 e. The fraction of sp³-hybridized carbons (Fsp3) is 0.118. The molecule has 0 unspecified atom stereocenters. The molecule has 128 valence electrons. The number of ether oxygens (including phenoxy) is 1. The molecule has 0 saturated carbocycles. The molecule has 25 heavy (non-hydrogen) atoms. The van der Waals surface area contributed by atoms with Crippen LogP contribution < -0.4 is 10.1 Å². The van der Waals surface area contributed by atoms with E-state index in [9.17, 15) is 4.79 Å². The molecule has 8 heteroatoms. The summed E-state index contributed by atoms with van der Waals surface area (Å²) in [7, 11) is 0. The van der Waals surface area contributed by atoms with Gasteiger partial charge in [-0.2, -0.15) is 0 Å². The van der Waals surface area contributed by atoms with Gasteiger partial charge in [0.05, 0.1) is 5.75 Å². The Balaban J connectivity index is 1.45. The first-order valence-electron chi connectivity index (χ1n) is 7.46. The molecule has 0 spiro atoms. The number of hydrogen-bond acceptors (Lipinski definition) is 5. The van der Waals surface area contributed by atoms with Crippen molar-refractivity contribution in [1.29, 1.82) is 0 Å². The van der Waals surface area contributed by atoms with Crippen molar-refractivity contribution in [3.05, 3.63) is 64.9 Å². The van der Waals surface area contributed by atoms with E-state index in [1.165, 1.54) is 11.8 Å². The second-order valence-electron chi connectivity index (χ2n) is 5.01. The second-order valence-corrected chi connectivity index (χ2v) is 6.87. The fourth-order valence-corrected chi connectivity index (χ4v) is 2.82. The van der Waals surface area contributed by atoms with Crippen molar-refractivity contribution in [1.82, 2.24) is 15.2 Å². The maximum absolute atomic E-state index is 12.0. The fourth-order valence-electron chi connectivity index (χ4n) is 1.94. The number of nitrogens with one attached hydrogen (secondary N) is 2. The number of nitrogens with zero attached hydrogens (tertiary/aromatic N) is 2. The molecule has 0 atom stereocenters. The van der Waals surface area contributed by atoms with E-state index < -0.39 is 0 Å². The van der Waals surface area contributed by atoms with E-state index in [0.717, 1.165) is 15.9 Å². The molecule has 0 aliphatic rings. The predicted octanol–water partition coefficient (Wildman–Crippen LogP) is 3.88. The minimum absolute atomic E-state index is 0.112. The summed E-state index contributed by atoms with van der Waals surface area (Å²) in [5, 5.41) is 10.2. The lowest BCUT2D eigenvalue weighted by Gasteiger charge is -2.03. The molecular formula is C17H15BrN4O2S. The molecule has 6 nitrogen and oxygen atoms in total. The van der Waals surface area contributed by atoms with Crippen LogP contribution in [0.4, 0.5) is 5.69 Å². The summed E-state index contributed by atoms with van der Waals surface area (Å²) >= 11 is 4.62. The standard InChI is InChI=1S/C17H15BrN4O2S/c18-12-6-8-13(9-7-12)19-16(23)11-25-17-20-15(21-22-17)10-24-14-4-2-1-3-5-14/h1-9H,10-11H2,(H,19,23)(H,20,21,22). The lowest BCUT2D eigenvalue weighted by molar-refractivity contribution is -0.113. The SMILES string of the molecule is O=C(CSc1n[nH]c(COc2ccccc2)n1)Nc1ccc(Br)cc1. The second kappa shape index (κ2) is 8.68. The van der Waals surface area contributed by atoms with Gasteiger partial charge in [0.1, 0.15) is 12.4 Å². The summed E-state index contributed by atoms with van der Waals surface area (Å²) in [4.78, 5) is 16.3. The number of para-hydroxylation sites is 1. The van der Waals surface area contributed by atoms with Crippen LogP contribution in [0.25, 0.3) is 0 Å². The van der Waals surface area contributed by atoms with Crippen LogP contribution in [-0.2, 0) is 11.4 Å². The number of carbonyl (C=O) groups excluding carboxylic acids is 1. The summed E-state index contributed by atoms with van der Waals surface area (Å²) in [5.41, 5.74) is 0.751. The van der Waals surface area contributed by atoms with E-state index in [2.05, 4.69) is 36.4 Å². The highest BCUT2D eigenvalue weighted by molar-refractivity contribution is 9.10. The maximum Gasteiger partial charge on any atom is 0.234 e. The first-order chi connectivity index (χ1) is 12.2. The summed E-state index contributed by atoms with van der Waals surface area (Å²) in [5.74, 6) is 1.49. The molecule has 2 N–H and O–H groups in total. The monoisotopic (exact) mass is 418 g/mol. The van der Waals surface area contributed by atoms with E-state index in [0.29, 0.717) is 17.6 Å². The maximum atomic E-state index is 12.0. The topological polar surface area (TPSA) is 79.9 Å². The van der Waals surface area contributed by atoms with Gasteiger partial charge in [-0.25, -0.2) is 4.98 Å². The summed E-state index contributed by atoms with van der Waals surface area (Å²) in [6.07, 6.45) is 0. The molecule has 1 heterocycles. The van der Waals surface area contributed by atoms with Crippen LogP contribution in [0.5, 0.6) is 5.75 Å². The number of aromatic amines is 1. The third-order valence-electron chi connectivity index (χ3n) is 3.09. The van der Waals surface area contributed by atoms with Gasteiger partial charge in [-0.15, -0.1) is 5.10 Å². The molecule has 0 fully saturated rings. The third-order valence-corrected chi connectivity index (χ3v) is 4.47. The number of thioether (sulfide) groups is 1. The van der Waals surface area contributed by atoms with E-state index >= 15 is 0 Å². The van der Waals surface area contributed by atoms with Crippen LogP contribution >= 0.6 is 27.7 Å². The molecule has 2 aromatic carbocycles. The molecular weight excluding hydrogens is 404 g/mol. The Morgan fingerprint density at radius 2 is 1.92 bits per heavy atom. The van der Waals surface area contributed by atoms with Crippen LogP contribution in [0.2, 0.25) is 0 Å². The molecule has 0 bridgehead atoms. The summed E-state index contributed by atoms with van der Waals surface area (Å²) < 4.78 is 6.56. The van der Waals surface area contributed by atoms with Crippen LogP contribution in [-0.4, -0.2) is 26.8 Å². The molecule has 3 aromatic rings. The van der Waals surface area contributed by atoms with Gasteiger partial charge in [0.2, 0.25) is 11.1 Å². The first-order valence-corrected chi connectivity index (χ1v) is 9.24. The Kier molecular flexibility index (Phi) is 6.08. The smallest absolute Gasteiger partial charge is 0.234 e. The zero-order valence-electron chi connectivity index (χ0n) is 13.1. The van der Waals surface area contributed by atoms with Crippen LogP contribution in [0.1, 0.15) is 5.82 Å². The van der Waals surface area contributed by atoms with Crippen LogP contribution in [0.15, 0.2) is 64.2 Å². The minimum Gasteiger partial charge on any atom is -0.486 e. The molecule has 0 saturated heterocycles. The minimum atomic E-state index is -0.112.